The monoisotopic (exact) mass is 419 g/mol. The summed E-state index contributed by atoms with van der Waals surface area (Å²) >= 11 is 23.3. The van der Waals surface area contributed by atoms with Gasteiger partial charge >= 0.3 is 6.09 Å². The van der Waals surface area contributed by atoms with E-state index in [4.69, 9.17) is 46.4 Å². The fourth-order valence-electron chi connectivity index (χ4n) is 1.58. The van der Waals surface area contributed by atoms with Crippen molar-refractivity contribution < 1.29 is 14.4 Å². The van der Waals surface area contributed by atoms with Gasteiger partial charge in [0, 0.05) is 10.7 Å². The van der Waals surface area contributed by atoms with Crippen LogP contribution < -0.4 is 10.6 Å². The molecule has 2 amide bonds. The van der Waals surface area contributed by atoms with Crippen molar-refractivity contribution in [3.63, 3.8) is 0 Å². The predicted octanol–water partition coefficient (Wildman–Crippen LogP) is 5.47. The van der Waals surface area contributed by atoms with Crippen molar-refractivity contribution in [3.8, 4) is 0 Å². The average molecular weight is 421 g/mol. The number of anilines is 2. The summed E-state index contributed by atoms with van der Waals surface area (Å²) in [4.78, 5) is 27.7. The van der Waals surface area contributed by atoms with Crippen LogP contribution in [0.3, 0.4) is 0 Å². The lowest BCUT2D eigenvalue weighted by Gasteiger charge is -2.06. The Morgan fingerprint density at radius 2 is 1.56 bits per heavy atom. The van der Waals surface area contributed by atoms with Gasteiger partial charge in [0.15, 0.2) is 0 Å². The Labute approximate surface area is 162 Å². The van der Waals surface area contributed by atoms with E-state index in [1.54, 1.807) is 24.3 Å². The molecule has 0 saturated heterocycles. The summed E-state index contributed by atoms with van der Waals surface area (Å²) in [6, 6.07) is 9.10. The molecule has 130 valence electrons. The van der Waals surface area contributed by atoms with Crippen molar-refractivity contribution in [2.24, 2.45) is 5.16 Å². The van der Waals surface area contributed by atoms with E-state index in [0.717, 1.165) is 6.21 Å². The molecule has 0 saturated carbocycles. The van der Waals surface area contributed by atoms with Crippen LogP contribution >= 0.6 is 46.4 Å². The molecule has 2 N–H and O–H groups in total. The molecule has 2 aromatic rings. The molecule has 6 nitrogen and oxygen atoms in total. The molecule has 0 aromatic heterocycles. The van der Waals surface area contributed by atoms with Gasteiger partial charge in [-0.2, -0.15) is 0 Å². The van der Waals surface area contributed by atoms with Crippen molar-refractivity contribution in [2.75, 3.05) is 10.6 Å². The third-order valence-electron chi connectivity index (χ3n) is 2.66. The minimum absolute atomic E-state index is 0.192. The Morgan fingerprint density at radius 1 is 0.920 bits per heavy atom. The second kappa shape index (κ2) is 8.92. The lowest BCUT2D eigenvalue weighted by Crippen LogP contribution is -2.15. The maximum Gasteiger partial charge on any atom is 0.437 e. The summed E-state index contributed by atoms with van der Waals surface area (Å²) in [7, 11) is 0. The molecule has 10 heteroatoms. The molecule has 0 spiro atoms. The number of carbonyl (C=O) groups is 2. The second-order valence-electron chi connectivity index (χ2n) is 4.48. The molecule has 0 aliphatic heterocycles. The maximum absolute atomic E-state index is 11.7. The van der Waals surface area contributed by atoms with Crippen LogP contribution in [0, 0.1) is 0 Å². The fraction of sp³-hybridized carbons (Fsp3) is 0. The number of rotatable bonds is 4. The number of benzene rings is 2. The first-order valence-corrected chi connectivity index (χ1v) is 8.09. The predicted molar refractivity (Wildman–Crippen MR) is 100 cm³/mol. The molecule has 0 aliphatic carbocycles. The number of amides is 2. The quantitative estimate of drug-likeness (QED) is 0.297. The molecule has 0 aliphatic rings. The van der Waals surface area contributed by atoms with Gasteiger partial charge in [-0.25, -0.2) is 4.79 Å². The van der Waals surface area contributed by atoms with Crippen molar-refractivity contribution in [1.82, 2.24) is 0 Å². The molecule has 2 rings (SSSR count). The molecule has 2 aromatic carbocycles. The van der Waals surface area contributed by atoms with E-state index >= 15 is 0 Å². The highest BCUT2D eigenvalue weighted by Crippen LogP contribution is 2.32. The van der Waals surface area contributed by atoms with E-state index in [2.05, 4.69) is 20.6 Å². The van der Waals surface area contributed by atoms with Gasteiger partial charge in [-0.05, 0) is 36.4 Å². The van der Waals surface area contributed by atoms with Crippen molar-refractivity contribution in [3.05, 3.63) is 56.5 Å². The lowest BCUT2D eigenvalue weighted by atomic mass is 10.3. The summed E-state index contributed by atoms with van der Waals surface area (Å²) < 4.78 is 0. The molecule has 0 unspecified atom stereocenters. The van der Waals surface area contributed by atoms with Crippen LogP contribution in [0.5, 0.6) is 0 Å². The van der Waals surface area contributed by atoms with E-state index in [0.29, 0.717) is 10.7 Å². The number of hydrogen-bond acceptors (Lipinski definition) is 4. The number of carbonyl (C=O) groups excluding carboxylic acids is 2. The van der Waals surface area contributed by atoms with Crippen LogP contribution in [0.1, 0.15) is 0 Å². The Morgan fingerprint density at radius 3 is 2.24 bits per heavy atom. The van der Waals surface area contributed by atoms with Crippen molar-refractivity contribution in [1.29, 1.82) is 0 Å². The van der Waals surface area contributed by atoms with Gasteiger partial charge in [-0.15, -0.1) is 0 Å². The van der Waals surface area contributed by atoms with Crippen LogP contribution in [0.4, 0.5) is 16.2 Å². The third kappa shape index (κ3) is 6.10. The SMILES string of the molecule is O=C(C=NOC(=O)Nc1ccc(Cl)cc1)Nc1cc(Cl)c(Cl)cc1Cl. The average Bonchev–Trinajstić information content (AvgIpc) is 2.55. The smallest absolute Gasteiger partial charge is 0.320 e. The van der Waals surface area contributed by atoms with Gasteiger partial charge in [0.25, 0.3) is 5.91 Å². The Bertz CT molecular complexity index is 826. The number of nitrogens with one attached hydrogen (secondary N) is 2. The van der Waals surface area contributed by atoms with Gasteiger partial charge in [-0.1, -0.05) is 51.6 Å². The van der Waals surface area contributed by atoms with Crippen LogP contribution in [-0.2, 0) is 9.63 Å². The fourth-order valence-corrected chi connectivity index (χ4v) is 2.30. The second-order valence-corrected chi connectivity index (χ2v) is 6.14. The van der Waals surface area contributed by atoms with Gasteiger partial charge in [-0.3, -0.25) is 14.9 Å². The zero-order chi connectivity index (χ0) is 18.4. The number of oxime groups is 1. The number of halogens is 4. The van der Waals surface area contributed by atoms with Gasteiger partial charge in [0.2, 0.25) is 0 Å². The van der Waals surface area contributed by atoms with E-state index < -0.39 is 12.0 Å². The van der Waals surface area contributed by atoms with Crippen LogP contribution in [0.25, 0.3) is 0 Å². The highest BCUT2D eigenvalue weighted by atomic mass is 35.5. The zero-order valence-corrected chi connectivity index (χ0v) is 15.2. The van der Waals surface area contributed by atoms with E-state index in [-0.39, 0.29) is 20.8 Å². The highest BCUT2D eigenvalue weighted by molar-refractivity contribution is 6.44. The summed E-state index contributed by atoms with van der Waals surface area (Å²) in [5.41, 5.74) is 0.690. The largest absolute Gasteiger partial charge is 0.437 e. The molecule has 25 heavy (non-hydrogen) atoms. The maximum atomic E-state index is 11.7. The van der Waals surface area contributed by atoms with Crippen LogP contribution in [-0.4, -0.2) is 18.2 Å². The topological polar surface area (TPSA) is 79.8 Å². The van der Waals surface area contributed by atoms with Crippen LogP contribution in [0.2, 0.25) is 20.1 Å². The first-order chi connectivity index (χ1) is 11.8. The lowest BCUT2D eigenvalue weighted by molar-refractivity contribution is -0.110. The normalized spacial score (nSPS) is 10.6. The van der Waals surface area contributed by atoms with Gasteiger partial charge < -0.3 is 5.32 Å². The van der Waals surface area contributed by atoms with E-state index in [1.807, 2.05) is 0 Å². The van der Waals surface area contributed by atoms with Crippen molar-refractivity contribution in [2.45, 2.75) is 0 Å². The van der Waals surface area contributed by atoms with Crippen LogP contribution in [0.15, 0.2) is 41.6 Å². The Hall–Kier alpha value is -1.99. The number of hydrogen-bond donors (Lipinski definition) is 2. The van der Waals surface area contributed by atoms with E-state index in [1.165, 1.54) is 12.1 Å². The summed E-state index contributed by atoms with van der Waals surface area (Å²) in [5, 5.41) is 9.27. The zero-order valence-electron chi connectivity index (χ0n) is 12.2. The molecule has 0 atom stereocenters. The standard InChI is InChI=1S/C15H9Cl4N3O3/c16-8-1-3-9(4-2-8)21-15(24)25-20-7-14(23)22-13-6-11(18)10(17)5-12(13)19/h1-7H,(H,21,24)(H,22,23). The molecular weight excluding hydrogens is 412 g/mol. The molecular formula is C15H9Cl4N3O3. The first-order valence-electron chi connectivity index (χ1n) is 6.57. The molecule has 0 fully saturated rings. The summed E-state index contributed by atoms with van der Waals surface area (Å²) in [6.45, 7) is 0. The number of nitrogens with zero attached hydrogens (tertiary/aromatic N) is 1. The first kappa shape index (κ1) is 19.3. The molecule has 0 heterocycles. The third-order valence-corrected chi connectivity index (χ3v) is 3.95. The van der Waals surface area contributed by atoms with Gasteiger partial charge in [0.1, 0.15) is 6.21 Å². The van der Waals surface area contributed by atoms with Crippen molar-refractivity contribution >= 4 is 76.0 Å². The van der Waals surface area contributed by atoms with Gasteiger partial charge in [0.05, 0.1) is 20.8 Å². The molecule has 0 bridgehead atoms. The molecule has 0 radical (unpaired) electrons. The minimum Gasteiger partial charge on any atom is -0.320 e. The Kier molecular flexibility index (Phi) is 6.90. The van der Waals surface area contributed by atoms with E-state index in [9.17, 15) is 9.59 Å². The minimum atomic E-state index is -0.876. The summed E-state index contributed by atoms with van der Waals surface area (Å²) in [5.74, 6) is -0.681. The summed E-state index contributed by atoms with van der Waals surface area (Å²) in [6.07, 6.45) is -0.112. The Balaban J connectivity index is 1.87. The highest BCUT2D eigenvalue weighted by Gasteiger charge is 2.09.